The molecule has 0 aliphatic carbocycles. The lowest BCUT2D eigenvalue weighted by atomic mass is 10.1. The van der Waals surface area contributed by atoms with Gasteiger partial charge in [0, 0.05) is 5.69 Å². The number of hydrogen-bond donors (Lipinski definition) is 2. The largest absolute Gasteiger partial charge is 0.398 e. The molecule has 2 rings (SSSR count). The molecule has 0 unspecified atom stereocenters. The summed E-state index contributed by atoms with van der Waals surface area (Å²) in [5, 5.41) is 3.75. The zero-order valence-corrected chi connectivity index (χ0v) is 8.09. The fourth-order valence-electron chi connectivity index (χ4n) is 1.30. The Balaban J connectivity index is 2.63. The van der Waals surface area contributed by atoms with Crippen LogP contribution in [-0.4, -0.2) is 20.7 Å². The molecule has 0 bridgehead atoms. The van der Waals surface area contributed by atoms with Crippen LogP contribution >= 0.6 is 0 Å². The molecule has 6 nitrogen and oxygen atoms in total. The zero-order valence-electron chi connectivity index (χ0n) is 8.09. The fraction of sp³-hybridized carbons (Fsp3) is 0. The minimum atomic E-state index is -0.723. The van der Waals surface area contributed by atoms with E-state index < -0.39 is 11.7 Å². The Morgan fingerprint density at radius 2 is 2.19 bits per heavy atom. The number of aromatic nitrogens is 3. The van der Waals surface area contributed by atoms with Gasteiger partial charge in [0.2, 0.25) is 0 Å². The van der Waals surface area contributed by atoms with E-state index in [1.165, 1.54) is 23.4 Å². The van der Waals surface area contributed by atoms with Gasteiger partial charge in [0.1, 0.15) is 18.3 Å². The summed E-state index contributed by atoms with van der Waals surface area (Å²) in [5.74, 6) is -1.33. The number of benzene rings is 1. The number of halogens is 1. The van der Waals surface area contributed by atoms with E-state index in [4.69, 9.17) is 11.5 Å². The molecule has 0 saturated heterocycles. The molecule has 1 amide bonds. The second kappa shape index (κ2) is 3.61. The molecule has 16 heavy (non-hydrogen) atoms. The first-order chi connectivity index (χ1) is 7.59. The van der Waals surface area contributed by atoms with E-state index in [1.807, 2.05) is 0 Å². The third-order valence-electron chi connectivity index (χ3n) is 2.05. The Hall–Kier alpha value is -2.44. The van der Waals surface area contributed by atoms with E-state index in [1.54, 1.807) is 0 Å². The molecule has 1 aromatic carbocycles. The molecule has 0 fully saturated rings. The molecule has 0 spiro atoms. The number of carbonyl (C=O) groups is 1. The summed E-state index contributed by atoms with van der Waals surface area (Å²) in [6.45, 7) is 0. The highest BCUT2D eigenvalue weighted by Gasteiger charge is 2.13. The smallest absolute Gasteiger partial charge is 0.250 e. The molecule has 0 atom stereocenters. The Labute approximate surface area is 89.7 Å². The van der Waals surface area contributed by atoms with Crippen molar-refractivity contribution in [2.24, 2.45) is 5.73 Å². The average molecular weight is 221 g/mol. The van der Waals surface area contributed by atoms with Crippen LogP contribution in [-0.2, 0) is 0 Å². The molecule has 4 N–H and O–H groups in total. The molecular formula is C9H8FN5O. The number of nitrogens with zero attached hydrogens (tertiary/aromatic N) is 3. The van der Waals surface area contributed by atoms with Gasteiger partial charge in [-0.1, -0.05) is 0 Å². The maximum absolute atomic E-state index is 13.5. The van der Waals surface area contributed by atoms with Crippen LogP contribution in [0.15, 0.2) is 24.8 Å². The van der Waals surface area contributed by atoms with E-state index in [9.17, 15) is 9.18 Å². The molecule has 7 heteroatoms. The number of amides is 1. The number of carbonyl (C=O) groups excluding carboxylic acids is 1. The van der Waals surface area contributed by atoms with Crippen LogP contribution in [0.3, 0.4) is 0 Å². The lowest BCUT2D eigenvalue weighted by molar-refractivity contribution is 0.100. The minimum Gasteiger partial charge on any atom is -0.398 e. The lowest BCUT2D eigenvalue weighted by Gasteiger charge is -2.07. The third-order valence-corrected chi connectivity index (χ3v) is 2.05. The van der Waals surface area contributed by atoms with Crippen molar-refractivity contribution < 1.29 is 9.18 Å². The molecule has 1 aromatic heterocycles. The molecule has 0 saturated carbocycles. The summed E-state index contributed by atoms with van der Waals surface area (Å²) >= 11 is 0. The highest BCUT2D eigenvalue weighted by Crippen LogP contribution is 2.20. The SMILES string of the molecule is NC(=O)c1cc(-n2cncn2)c(F)cc1N. The number of anilines is 1. The van der Waals surface area contributed by atoms with Crippen molar-refractivity contribution in [2.75, 3.05) is 5.73 Å². The van der Waals surface area contributed by atoms with Crippen LogP contribution in [0, 0.1) is 5.82 Å². The van der Waals surface area contributed by atoms with Crippen molar-refractivity contribution in [3.05, 3.63) is 36.2 Å². The predicted molar refractivity (Wildman–Crippen MR) is 54.2 cm³/mol. The van der Waals surface area contributed by atoms with E-state index >= 15 is 0 Å². The van der Waals surface area contributed by atoms with Crippen molar-refractivity contribution in [3.63, 3.8) is 0 Å². The molecule has 0 aliphatic heterocycles. The van der Waals surface area contributed by atoms with Crippen molar-refractivity contribution >= 4 is 11.6 Å². The van der Waals surface area contributed by atoms with Crippen molar-refractivity contribution in [3.8, 4) is 5.69 Å². The molecular weight excluding hydrogens is 213 g/mol. The van der Waals surface area contributed by atoms with Gasteiger partial charge in [-0.2, -0.15) is 5.10 Å². The summed E-state index contributed by atoms with van der Waals surface area (Å²) < 4.78 is 14.7. The third kappa shape index (κ3) is 1.58. The van der Waals surface area contributed by atoms with Crippen molar-refractivity contribution in [1.82, 2.24) is 14.8 Å². The first-order valence-electron chi connectivity index (χ1n) is 4.33. The average Bonchev–Trinajstić information content (AvgIpc) is 2.70. The first kappa shape index (κ1) is 10.1. The fourth-order valence-corrected chi connectivity index (χ4v) is 1.30. The van der Waals surface area contributed by atoms with E-state index in [2.05, 4.69) is 10.1 Å². The molecule has 82 valence electrons. The van der Waals surface area contributed by atoms with Crippen LogP contribution in [0.25, 0.3) is 5.69 Å². The topological polar surface area (TPSA) is 99.8 Å². The van der Waals surface area contributed by atoms with Gasteiger partial charge in [0.05, 0.1) is 5.56 Å². The summed E-state index contributed by atoms with van der Waals surface area (Å²) in [6.07, 6.45) is 2.55. The summed E-state index contributed by atoms with van der Waals surface area (Å²) in [6, 6.07) is 2.26. The van der Waals surface area contributed by atoms with Crippen LogP contribution in [0.1, 0.15) is 10.4 Å². The van der Waals surface area contributed by atoms with Gasteiger partial charge in [0.15, 0.2) is 5.82 Å². The summed E-state index contributed by atoms with van der Waals surface area (Å²) in [4.78, 5) is 14.7. The normalized spacial score (nSPS) is 10.3. The van der Waals surface area contributed by atoms with Gasteiger partial charge >= 0.3 is 0 Å². The highest BCUT2D eigenvalue weighted by molar-refractivity contribution is 5.98. The van der Waals surface area contributed by atoms with Gasteiger partial charge in [-0.3, -0.25) is 4.79 Å². The second-order valence-corrected chi connectivity index (χ2v) is 3.10. The standard InChI is InChI=1S/C9H8FN5O/c10-6-2-7(11)5(9(12)16)1-8(6)15-4-13-3-14-15/h1-4H,11H2,(H2,12,16). The Bertz CT molecular complexity index is 537. The Kier molecular flexibility index (Phi) is 2.28. The maximum atomic E-state index is 13.5. The van der Waals surface area contributed by atoms with Gasteiger partial charge in [-0.15, -0.1) is 0 Å². The van der Waals surface area contributed by atoms with Gasteiger partial charge in [-0.05, 0) is 12.1 Å². The van der Waals surface area contributed by atoms with Crippen LogP contribution in [0.2, 0.25) is 0 Å². The number of rotatable bonds is 2. The monoisotopic (exact) mass is 221 g/mol. The molecule has 0 aliphatic rings. The van der Waals surface area contributed by atoms with Crippen molar-refractivity contribution in [2.45, 2.75) is 0 Å². The second-order valence-electron chi connectivity index (χ2n) is 3.10. The summed E-state index contributed by atoms with van der Waals surface area (Å²) in [7, 11) is 0. The lowest BCUT2D eigenvalue weighted by Crippen LogP contribution is -2.15. The van der Waals surface area contributed by atoms with E-state index in [0.717, 1.165) is 6.07 Å². The predicted octanol–water partition coefficient (Wildman–Crippen LogP) is 0.0875. The highest BCUT2D eigenvalue weighted by atomic mass is 19.1. The quantitative estimate of drug-likeness (QED) is 0.701. The van der Waals surface area contributed by atoms with Crippen LogP contribution in [0.5, 0.6) is 0 Å². The zero-order chi connectivity index (χ0) is 11.7. The number of nitrogens with two attached hydrogens (primary N) is 2. The van der Waals surface area contributed by atoms with E-state index in [-0.39, 0.29) is 16.9 Å². The Morgan fingerprint density at radius 1 is 1.44 bits per heavy atom. The van der Waals surface area contributed by atoms with E-state index in [0.29, 0.717) is 0 Å². The van der Waals surface area contributed by atoms with Crippen LogP contribution in [0.4, 0.5) is 10.1 Å². The van der Waals surface area contributed by atoms with Gasteiger partial charge in [-0.25, -0.2) is 14.1 Å². The minimum absolute atomic E-state index is 0.00568. The first-order valence-corrected chi connectivity index (χ1v) is 4.33. The number of primary amides is 1. The van der Waals surface area contributed by atoms with Crippen molar-refractivity contribution in [1.29, 1.82) is 0 Å². The maximum Gasteiger partial charge on any atom is 0.250 e. The molecule has 1 heterocycles. The number of hydrogen-bond acceptors (Lipinski definition) is 4. The molecule has 2 aromatic rings. The van der Waals surface area contributed by atoms with Gasteiger partial charge < -0.3 is 11.5 Å². The number of nitrogen functional groups attached to an aromatic ring is 1. The summed E-state index contributed by atoms with van der Waals surface area (Å²) in [5.41, 5.74) is 10.7. The van der Waals surface area contributed by atoms with Gasteiger partial charge in [0.25, 0.3) is 5.91 Å². The molecule has 0 radical (unpaired) electrons. The van der Waals surface area contributed by atoms with Crippen LogP contribution < -0.4 is 11.5 Å². The Morgan fingerprint density at radius 3 is 2.75 bits per heavy atom.